The summed E-state index contributed by atoms with van der Waals surface area (Å²) in [6.07, 6.45) is 4.93. The predicted octanol–water partition coefficient (Wildman–Crippen LogP) is 1.61. The molecule has 0 spiro atoms. The Morgan fingerprint density at radius 2 is 1.88 bits per heavy atom. The lowest BCUT2D eigenvalue weighted by Gasteiger charge is -2.29. The quantitative estimate of drug-likeness (QED) is 0.555. The van der Waals surface area contributed by atoms with Crippen molar-refractivity contribution >= 4 is 11.9 Å². The Morgan fingerprint density at radius 1 is 1.29 bits per heavy atom. The van der Waals surface area contributed by atoms with Gasteiger partial charge in [-0.2, -0.15) is 0 Å². The largest absolute Gasteiger partial charge is 0.469 e. The van der Waals surface area contributed by atoms with Crippen LogP contribution in [-0.2, 0) is 14.3 Å². The standard InChI is InChI=1S/C13H21NO3/c1-10(2)4-5-12(15)14-8-6-11(7-9-14)13(16)17-3/h4-5,10-11H,6-9H2,1-3H3/b5-4+. The van der Waals surface area contributed by atoms with Crippen molar-refractivity contribution in [3.63, 3.8) is 0 Å². The molecule has 1 rings (SSSR count). The molecule has 0 aromatic carbocycles. The van der Waals surface area contributed by atoms with Gasteiger partial charge >= 0.3 is 5.97 Å². The third-order valence-corrected chi connectivity index (χ3v) is 2.96. The molecule has 0 aromatic rings. The van der Waals surface area contributed by atoms with E-state index in [1.807, 2.05) is 19.9 Å². The number of rotatable bonds is 3. The monoisotopic (exact) mass is 239 g/mol. The minimum absolute atomic E-state index is 0.0434. The van der Waals surface area contributed by atoms with Crippen molar-refractivity contribution in [2.24, 2.45) is 11.8 Å². The molecule has 0 atom stereocenters. The van der Waals surface area contributed by atoms with Crippen molar-refractivity contribution in [1.82, 2.24) is 4.90 Å². The number of ether oxygens (including phenoxy) is 1. The van der Waals surface area contributed by atoms with Gasteiger partial charge in [-0.25, -0.2) is 0 Å². The number of esters is 1. The Labute approximate surface area is 103 Å². The number of likely N-dealkylation sites (tertiary alicyclic amines) is 1. The van der Waals surface area contributed by atoms with Gasteiger partial charge in [0, 0.05) is 13.1 Å². The second-order valence-electron chi connectivity index (χ2n) is 4.73. The summed E-state index contributed by atoms with van der Waals surface area (Å²) in [6.45, 7) is 5.35. The van der Waals surface area contributed by atoms with Crippen LogP contribution < -0.4 is 0 Å². The summed E-state index contributed by atoms with van der Waals surface area (Å²) in [5, 5.41) is 0. The summed E-state index contributed by atoms with van der Waals surface area (Å²) in [4.78, 5) is 24.9. The zero-order valence-electron chi connectivity index (χ0n) is 10.8. The van der Waals surface area contributed by atoms with Crippen LogP contribution in [0, 0.1) is 11.8 Å². The molecule has 0 N–H and O–H groups in total. The fourth-order valence-electron chi connectivity index (χ4n) is 1.88. The number of amides is 1. The molecule has 4 nitrogen and oxygen atoms in total. The first-order valence-corrected chi connectivity index (χ1v) is 6.09. The fraction of sp³-hybridized carbons (Fsp3) is 0.692. The van der Waals surface area contributed by atoms with E-state index in [0.717, 1.165) is 0 Å². The highest BCUT2D eigenvalue weighted by atomic mass is 16.5. The first-order valence-electron chi connectivity index (χ1n) is 6.09. The third kappa shape index (κ3) is 4.21. The summed E-state index contributed by atoms with van der Waals surface area (Å²) in [7, 11) is 1.41. The Balaban J connectivity index is 2.41. The molecule has 17 heavy (non-hydrogen) atoms. The van der Waals surface area contributed by atoms with Crippen LogP contribution in [-0.4, -0.2) is 37.0 Å². The second kappa shape index (κ2) is 6.42. The first kappa shape index (κ1) is 13.7. The number of hydrogen-bond donors (Lipinski definition) is 0. The van der Waals surface area contributed by atoms with E-state index in [4.69, 9.17) is 4.74 Å². The van der Waals surface area contributed by atoms with Gasteiger partial charge in [0.05, 0.1) is 13.0 Å². The van der Waals surface area contributed by atoms with Crippen LogP contribution in [0.1, 0.15) is 26.7 Å². The number of nitrogens with zero attached hydrogens (tertiary/aromatic N) is 1. The summed E-state index contributed by atoms with van der Waals surface area (Å²) in [6, 6.07) is 0. The molecule has 0 saturated carbocycles. The minimum Gasteiger partial charge on any atom is -0.469 e. The van der Waals surface area contributed by atoms with Crippen molar-refractivity contribution in [3.8, 4) is 0 Å². The number of methoxy groups -OCH3 is 1. The van der Waals surface area contributed by atoms with Crippen LogP contribution in [0.4, 0.5) is 0 Å². The van der Waals surface area contributed by atoms with Crippen molar-refractivity contribution in [2.75, 3.05) is 20.2 Å². The summed E-state index contributed by atoms with van der Waals surface area (Å²) >= 11 is 0. The highest BCUT2D eigenvalue weighted by Gasteiger charge is 2.26. The lowest BCUT2D eigenvalue weighted by Crippen LogP contribution is -2.39. The van der Waals surface area contributed by atoms with Crippen molar-refractivity contribution in [3.05, 3.63) is 12.2 Å². The normalized spacial score (nSPS) is 17.8. The van der Waals surface area contributed by atoms with Crippen molar-refractivity contribution < 1.29 is 14.3 Å². The molecule has 1 saturated heterocycles. The zero-order valence-corrected chi connectivity index (χ0v) is 10.8. The van der Waals surface area contributed by atoms with Gasteiger partial charge in [0.2, 0.25) is 5.91 Å². The van der Waals surface area contributed by atoms with E-state index in [0.29, 0.717) is 31.8 Å². The Morgan fingerprint density at radius 3 is 2.35 bits per heavy atom. The Kier molecular flexibility index (Phi) is 5.19. The van der Waals surface area contributed by atoms with E-state index >= 15 is 0 Å². The number of allylic oxidation sites excluding steroid dienone is 1. The second-order valence-corrected chi connectivity index (χ2v) is 4.73. The SMILES string of the molecule is COC(=O)C1CCN(C(=O)/C=C/C(C)C)CC1. The molecular formula is C13H21NO3. The summed E-state index contributed by atoms with van der Waals surface area (Å²) in [5.74, 6) is 0.224. The van der Waals surface area contributed by atoms with Crippen LogP contribution in [0.3, 0.4) is 0 Å². The summed E-state index contributed by atoms with van der Waals surface area (Å²) in [5.41, 5.74) is 0. The molecular weight excluding hydrogens is 218 g/mol. The molecule has 1 aliphatic heterocycles. The molecule has 1 aliphatic rings. The molecule has 0 bridgehead atoms. The molecule has 0 aromatic heterocycles. The fourth-order valence-corrected chi connectivity index (χ4v) is 1.88. The van der Waals surface area contributed by atoms with Gasteiger partial charge < -0.3 is 9.64 Å². The van der Waals surface area contributed by atoms with Crippen molar-refractivity contribution in [2.45, 2.75) is 26.7 Å². The number of piperidine rings is 1. The zero-order chi connectivity index (χ0) is 12.8. The smallest absolute Gasteiger partial charge is 0.308 e. The maximum absolute atomic E-state index is 11.8. The van der Waals surface area contributed by atoms with E-state index < -0.39 is 0 Å². The topological polar surface area (TPSA) is 46.6 Å². The Bertz CT molecular complexity index is 302. The van der Waals surface area contributed by atoms with E-state index in [-0.39, 0.29) is 17.8 Å². The molecule has 0 aliphatic carbocycles. The number of carbonyl (C=O) groups excluding carboxylic acids is 2. The van der Waals surface area contributed by atoms with Gasteiger partial charge in [0.1, 0.15) is 0 Å². The Hall–Kier alpha value is -1.32. The number of carbonyl (C=O) groups is 2. The van der Waals surface area contributed by atoms with Gasteiger partial charge in [-0.3, -0.25) is 9.59 Å². The lowest BCUT2D eigenvalue weighted by atomic mass is 9.97. The van der Waals surface area contributed by atoms with Crippen LogP contribution in [0.2, 0.25) is 0 Å². The van der Waals surface area contributed by atoms with Gasteiger partial charge in [-0.05, 0) is 24.8 Å². The summed E-state index contributed by atoms with van der Waals surface area (Å²) < 4.78 is 4.71. The maximum Gasteiger partial charge on any atom is 0.308 e. The minimum atomic E-state index is -0.158. The predicted molar refractivity (Wildman–Crippen MR) is 65.3 cm³/mol. The van der Waals surface area contributed by atoms with Crippen LogP contribution >= 0.6 is 0 Å². The highest BCUT2D eigenvalue weighted by molar-refractivity contribution is 5.87. The van der Waals surface area contributed by atoms with Crippen LogP contribution in [0.25, 0.3) is 0 Å². The molecule has 4 heteroatoms. The molecule has 96 valence electrons. The van der Waals surface area contributed by atoms with Gasteiger partial charge in [-0.15, -0.1) is 0 Å². The number of hydrogen-bond acceptors (Lipinski definition) is 3. The molecule has 1 fully saturated rings. The molecule has 1 amide bonds. The first-order chi connectivity index (χ1) is 8.04. The third-order valence-electron chi connectivity index (χ3n) is 2.96. The van der Waals surface area contributed by atoms with Crippen LogP contribution in [0.15, 0.2) is 12.2 Å². The molecule has 0 radical (unpaired) electrons. The highest BCUT2D eigenvalue weighted by Crippen LogP contribution is 2.18. The molecule has 1 heterocycles. The molecule has 0 unspecified atom stereocenters. The van der Waals surface area contributed by atoms with E-state index in [9.17, 15) is 9.59 Å². The van der Waals surface area contributed by atoms with Gasteiger partial charge in [0.25, 0.3) is 0 Å². The van der Waals surface area contributed by atoms with Gasteiger partial charge in [0.15, 0.2) is 0 Å². The van der Waals surface area contributed by atoms with Crippen LogP contribution in [0.5, 0.6) is 0 Å². The van der Waals surface area contributed by atoms with Gasteiger partial charge in [-0.1, -0.05) is 19.9 Å². The van der Waals surface area contributed by atoms with E-state index in [2.05, 4.69) is 0 Å². The van der Waals surface area contributed by atoms with Crippen molar-refractivity contribution in [1.29, 1.82) is 0 Å². The lowest BCUT2D eigenvalue weighted by molar-refractivity contribution is -0.148. The van der Waals surface area contributed by atoms with E-state index in [1.54, 1.807) is 11.0 Å². The average Bonchev–Trinajstić information content (AvgIpc) is 2.35. The maximum atomic E-state index is 11.8. The average molecular weight is 239 g/mol. The van der Waals surface area contributed by atoms with E-state index in [1.165, 1.54) is 7.11 Å².